The van der Waals surface area contributed by atoms with E-state index in [1.54, 1.807) is 18.2 Å². The fraction of sp³-hybridized carbons (Fsp3) is 0.143. The van der Waals surface area contributed by atoms with Crippen LogP contribution < -0.4 is 15.0 Å². The first-order valence-corrected chi connectivity index (χ1v) is 12.6. The van der Waals surface area contributed by atoms with Crippen LogP contribution in [0.15, 0.2) is 66.2 Å². The van der Waals surface area contributed by atoms with Gasteiger partial charge in [0.1, 0.15) is 17.1 Å². The van der Waals surface area contributed by atoms with Gasteiger partial charge in [-0.15, -0.1) is 0 Å². The van der Waals surface area contributed by atoms with E-state index in [4.69, 9.17) is 4.74 Å². The van der Waals surface area contributed by atoms with E-state index in [0.29, 0.717) is 24.3 Å². The van der Waals surface area contributed by atoms with Gasteiger partial charge in [-0.05, 0) is 95.2 Å². The number of nitrogens with one attached hydrogen (secondary N) is 1. The number of methoxy groups -OCH3 is 1. The minimum absolute atomic E-state index is 0.175. The van der Waals surface area contributed by atoms with Gasteiger partial charge in [-0.2, -0.15) is 0 Å². The Morgan fingerprint density at radius 2 is 1.82 bits per heavy atom. The highest BCUT2D eigenvalue weighted by molar-refractivity contribution is 14.1. The number of ether oxygens (including phenoxy) is 2. The Bertz CT molecular complexity index is 1470. The average Bonchev–Trinajstić information content (AvgIpc) is 2.88. The standard InChI is InChI=1S/C28H22FIN2O6/c1-3-38-24-15-17(14-23(30)21(24)12-16-5-4-6-19(29)11-16)13-22-25(33)31-28(36)32(26(22)34)20-9-7-18(8-10-20)27(35)37-2/h4-11,13-15H,3,12H2,1-2H3,(H,31,33,36)/b22-13+. The van der Waals surface area contributed by atoms with Crippen LogP contribution in [0.5, 0.6) is 5.75 Å². The predicted molar refractivity (Wildman–Crippen MR) is 146 cm³/mol. The number of halogens is 2. The second-order valence-electron chi connectivity index (χ2n) is 8.22. The lowest BCUT2D eigenvalue weighted by Gasteiger charge is -2.26. The molecule has 3 aromatic rings. The second kappa shape index (κ2) is 11.5. The molecule has 4 rings (SSSR count). The van der Waals surface area contributed by atoms with E-state index in [9.17, 15) is 23.6 Å². The molecule has 0 aromatic heterocycles. The van der Waals surface area contributed by atoms with Crippen molar-refractivity contribution in [2.24, 2.45) is 0 Å². The first kappa shape index (κ1) is 27.0. The number of hydrogen-bond donors (Lipinski definition) is 1. The number of hydrogen-bond acceptors (Lipinski definition) is 6. The number of amides is 4. The van der Waals surface area contributed by atoms with Crippen LogP contribution in [-0.4, -0.2) is 37.5 Å². The molecule has 1 N–H and O–H groups in total. The van der Waals surface area contributed by atoms with Crippen LogP contribution in [0.4, 0.5) is 14.9 Å². The molecule has 194 valence electrons. The molecule has 8 nitrogen and oxygen atoms in total. The third-order valence-corrected chi connectivity index (χ3v) is 6.67. The number of carbonyl (C=O) groups excluding carboxylic acids is 4. The summed E-state index contributed by atoms with van der Waals surface area (Å²) in [5.74, 6) is -2.02. The molecule has 1 saturated heterocycles. The summed E-state index contributed by atoms with van der Waals surface area (Å²) in [4.78, 5) is 51.0. The molecule has 1 fully saturated rings. The molecule has 1 aliphatic rings. The zero-order valence-electron chi connectivity index (χ0n) is 20.4. The van der Waals surface area contributed by atoms with Gasteiger partial charge in [0, 0.05) is 15.6 Å². The highest BCUT2D eigenvalue weighted by Crippen LogP contribution is 2.31. The fourth-order valence-electron chi connectivity index (χ4n) is 3.94. The topological polar surface area (TPSA) is 102 Å². The van der Waals surface area contributed by atoms with E-state index in [2.05, 4.69) is 32.6 Å². The molecule has 0 radical (unpaired) electrons. The molecule has 0 unspecified atom stereocenters. The van der Waals surface area contributed by atoms with Crippen LogP contribution >= 0.6 is 22.6 Å². The Balaban J connectivity index is 1.69. The molecule has 0 spiro atoms. The van der Waals surface area contributed by atoms with Crippen LogP contribution in [0.3, 0.4) is 0 Å². The van der Waals surface area contributed by atoms with Crippen LogP contribution in [0, 0.1) is 9.39 Å². The Morgan fingerprint density at radius 1 is 1.08 bits per heavy atom. The first-order chi connectivity index (χ1) is 18.2. The molecule has 0 atom stereocenters. The molecule has 0 aliphatic carbocycles. The van der Waals surface area contributed by atoms with Crippen molar-refractivity contribution in [2.45, 2.75) is 13.3 Å². The molecule has 3 aromatic carbocycles. The number of benzene rings is 3. The van der Waals surface area contributed by atoms with Gasteiger partial charge in [-0.1, -0.05) is 12.1 Å². The molecule has 4 amide bonds. The van der Waals surface area contributed by atoms with Crippen molar-refractivity contribution in [3.63, 3.8) is 0 Å². The van der Waals surface area contributed by atoms with Crippen LogP contribution in [0.25, 0.3) is 6.08 Å². The van der Waals surface area contributed by atoms with Gasteiger partial charge in [0.05, 0.1) is 25.0 Å². The van der Waals surface area contributed by atoms with Crippen molar-refractivity contribution in [3.8, 4) is 5.75 Å². The van der Waals surface area contributed by atoms with Crippen molar-refractivity contribution in [3.05, 3.63) is 97.9 Å². The molecule has 0 bridgehead atoms. The van der Waals surface area contributed by atoms with Gasteiger partial charge in [0.2, 0.25) is 0 Å². The Labute approximate surface area is 231 Å². The van der Waals surface area contributed by atoms with Crippen LogP contribution in [0.2, 0.25) is 0 Å². The number of urea groups is 1. The maximum atomic E-state index is 13.7. The summed E-state index contributed by atoms with van der Waals surface area (Å²) in [7, 11) is 1.24. The van der Waals surface area contributed by atoms with Gasteiger partial charge in [-0.3, -0.25) is 14.9 Å². The van der Waals surface area contributed by atoms with Crippen LogP contribution in [0.1, 0.15) is 34.0 Å². The van der Waals surface area contributed by atoms with Gasteiger partial charge in [-0.25, -0.2) is 18.9 Å². The summed E-state index contributed by atoms with van der Waals surface area (Å²) in [6.45, 7) is 2.20. The molecular weight excluding hydrogens is 606 g/mol. The summed E-state index contributed by atoms with van der Waals surface area (Å²) in [6, 6.07) is 14.5. The third kappa shape index (κ3) is 5.75. The number of carbonyl (C=O) groups is 4. The SMILES string of the molecule is CCOc1cc(/C=C2\C(=O)NC(=O)N(c3ccc(C(=O)OC)cc3)C2=O)cc(I)c1Cc1cccc(F)c1. The number of anilines is 1. The monoisotopic (exact) mass is 628 g/mol. The lowest BCUT2D eigenvalue weighted by molar-refractivity contribution is -0.122. The third-order valence-electron chi connectivity index (χ3n) is 5.71. The van der Waals surface area contributed by atoms with Crippen molar-refractivity contribution in [1.29, 1.82) is 0 Å². The van der Waals surface area contributed by atoms with Crippen molar-refractivity contribution in [2.75, 3.05) is 18.6 Å². The number of imide groups is 2. The number of nitrogens with zero attached hydrogens (tertiary/aromatic N) is 1. The summed E-state index contributed by atoms with van der Waals surface area (Å²) in [5.41, 5.74) is 2.27. The zero-order valence-corrected chi connectivity index (χ0v) is 22.6. The van der Waals surface area contributed by atoms with Crippen LogP contribution in [-0.2, 0) is 20.7 Å². The summed E-state index contributed by atoms with van der Waals surface area (Å²) < 4.78 is 25.0. The molecule has 0 saturated carbocycles. The Hall–Kier alpha value is -4.06. The lowest BCUT2D eigenvalue weighted by atomic mass is 10.0. The number of esters is 1. The average molecular weight is 628 g/mol. The van der Waals surface area contributed by atoms with E-state index >= 15 is 0 Å². The first-order valence-electron chi connectivity index (χ1n) is 11.5. The van der Waals surface area contributed by atoms with Crippen molar-refractivity contribution in [1.82, 2.24) is 5.32 Å². The molecular formula is C28H22FIN2O6. The van der Waals surface area contributed by atoms with Crippen molar-refractivity contribution >= 4 is 58.2 Å². The van der Waals surface area contributed by atoms with E-state index in [1.807, 2.05) is 13.0 Å². The van der Waals surface area contributed by atoms with Gasteiger partial charge in [0.15, 0.2) is 0 Å². The molecule has 1 aliphatic heterocycles. The van der Waals surface area contributed by atoms with E-state index in [-0.39, 0.29) is 22.6 Å². The van der Waals surface area contributed by atoms with Gasteiger partial charge < -0.3 is 9.47 Å². The summed E-state index contributed by atoms with van der Waals surface area (Å²) >= 11 is 2.13. The lowest BCUT2D eigenvalue weighted by Crippen LogP contribution is -2.54. The fourth-order valence-corrected chi connectivity index (χ4v) is 4.76. The molecule has 1 heterocycles. The smallest absolute Gasteiger partial charge is 0.337 e. The van der Waals surface area contributed by atoms with Gasteiger partial charge in [0.25, 0.3) is 11.8 Å². The second-order valence-corrected chi connectivity index (χ2v) is 9.38. The highest BCUT2D eigenvalue weighted by Gasteiger charge is 2.37. The number of barbiturate groups is 1. The van der Waals surface area contributed by atoms with E-state index in [0.717, 1.165) is 19.6 Å². The molecule has 38 heavy (non-hydrogen) atoms. The summed E-state index contributed by atoms with van der Waals surface area (Å²) in [6.07, 6.45) is 1.81. The minimum atomic E-state index is -0.905. The largest absolute Gasteiger partial charge is 0.494 e. The maximum Gasteiger partial charge on any atom is 0.337 e. The normalized spacial score (nSPS) is 14.5. The highest BCUT2D eigenvalue weighted by atomic mass is 127. The van der Waals surface area contributed by atoms with E-state index < -0.39 is 23.8 Å². The molecule has 10 heteroatoms. The van der Waals surface area contributed by atoms with Gasteiger partial charge >= 0.3 is 12.0 Å². The predicted octanol–water partition coefficient (Wildman–Crippen LogP) is 4.87. The Morgan fingerprint density at radius 3 is 2.47 bits per heavy atom. The summed E-state index contributed by atoms with van der Waals surface area (Å²) in [5, 5.41) is 2.18. The minimum Gasteiger partial charge on any atom is -0.494 e. The quantitative estimate of drug-likeness (QED) is 0.174. The van der Waals surface area contributed by atoms with Crippen molar-refractivity contribution < 1.29 is 33.0 Å². The maximum absolute atomic E-state index is 13.7. The zero-order chi connectivity index (χ0) is 27.4. The Kier molecular flexibility index (Phi) is 8.20. The number of rotatable bonds is 7. The van der Waals surface area contributed by atoms with E-state index in [1.165, 1.54) is 49.6 Å².